The second-order valence-corrected chi connectivity index (χ2v) is 6.50. The number of imidazole rings is 1. The van der Waals surface area contributed by atoms with Crippen LogP contribution in [0, 0.1) is 0 Å². The molecule has 0 aliphatic heterocycles. The topological polar surface area (TPSA) is 52.8 Å². The summed E-state index contributed by atoms with van der Waals surface area (Å²) in [5, 5.41) is 0. The first-order valence-corrected chi connectivity index (χ1v) is 8.81. The molecule has 0 bridgehead atoms. The number of nitrogens with zero attached hydrogens (tertiary/aromatic N) is 4. The predicted octanol–water partition coefficient (Wildman–Crippen LogP) is 3.32. The highest BCUT2D eigenvalue weighted by molar-refractivity contribution is 7.99. The second-order valence-electron chi connectivity index (χ2n) is 4.73. The average Bonchev–Trinajstić information content (AvgIpc) is 2.85. The molecular weight excluding hydrogens is 308 g/mol. The Labute approximate surface area is 134 Å². The molecule has 0 amide bonds. The van der Waals surface area contributed by atoms with Gasteiger partial charge in [-0.3, -0.25) is 0 Å². The summed E-state index contributed by atoms with van der Waals surface area (Å²) in [7, 11) is 1.60. The van der Waals surface area contributed by atoms with Crippen LogP contribution in [0.4, 0.5) is 0 Å². The summed E-state index contributed by atoms with van der Waals surface area (Å²) in [5.41, 5.74) is 1.55. The molecule has 0 radical (unpaired) electrons. The van der Waals surface area contributed by atoms with Crippen molar-refractivity contribution in [3.63, 3.8) is 0 Å². The molecule has 0 fully saturated rings. The summed E-state index contributed by atoms with van der Waals surface area (Å²) in [6.45, 7) is 4.38. The van der Waals surface area contributed by atoms with E-state index in [-0.39, 0.29) is 0 Å². The van der Waals surface area contributed by atoms with Crippen LogP contribution in [-0.2, 0) is 6.42 Å². The Morgan fingerprint density at radius 3 is 2.90 bits per heavy atom. The van der Waals surface area contributed by atoms with E-state index in [4.69, 9.17) is 16.3 Å². The zero-order chi connectivity index (χ0) is 15.2. The van der Waals surface area contributed by atoms with Crippen molar-refractivity contribution in [1.82, 2.24) is 19.5 Å². The molecule has 2 aromatic heterocycles. The number of methoxy groups -OCH3 is 1. The van der Waals surface area contributed by atoms with E-state index in [9.17, 15) is 0 Å². The number of halogens is 1. The van der Waals surface area contributed by atoms with Crippen molar-refractivity contribution >= 4 is 34.5 Å². The van der Waals surface area contributed by atoms with Crippen LogP contribution in [0.5, 0.6) is 5.88 Å². The first kappa shape index (κ1) is 16.4. The maximum absolute atomic E-state index is 5.92. The lowest BCUT2D eigenvalue weighted by Crippen LogP contribution is -2.11. The Kier molecular flexibility index (Phi) is 6.11. The molecule has 7 heteroatoms. The van der Waals surface area contributed by atoms with Crippen LogP contribution in [0.2, 0.25) is 0 Å². The van der Waals surface area contributed by atoms with Crippen LogP contribution < -0.4 is 4.74 Å². The summed E-state index contributed by atoms with van der Waals surface area (Å²) in [5.74, 6) is 4.27. The predicted molar refractivity (Wildman–Crippen MR) is 88.6 cm³/mol. The SMILES string of the molecule is CCSCCC(C)n1c(CCCl)nc2c(OC)ncnc21. The first-order chi connectivity index (χ1) is 10.2. The Balaban J connectivity index is 2.41. The molecule has 2 rings (SSSR count). The van der Waals surface area contributed by atoms with Crippen molar-refractivity contribution in [3.05, 3.63) is 12.2 Å². The molecule has 2 heterocycles. The Morgan fingerprint density at radius 1 is 1.43 bits per heavy atom. The fourth-order valence-corrected chi connectivity index (χ4v) is 3.30. The summed E-state index contributed by atoms with van der Waals surface area (Å²) < 4.78 is 7.47. The summed E-state index contributed by atoms with van der Waals surface area (Å²) >= 11 is 7.86. The minimum absolute atomic E-state index is 0.326. The molecule has 5 nitrogen and oxygen atoms in total. The van der Waals surface area contributed by atoms with E-state index in [1.54, 1.807) is 7.11 Å². The molecule has 2 aromatic rings. The van der Waals surface area contributed by atoms with Gasteiger partial charge in [0.1, 0.15) is 12.2 Å². The second kappa shape index (κ2) is 7.84. The maximum atomic E-state index is 5.92. The largest absolute Gasteiger partial charge is 0.479 e. The molecule has 0 aromatic carbocycles. The van der Waals surface area contributed by atoms with Crippen LogP contribution in [0.1, 0.15) is 32.1 Å². The van der Waals surface area contributed by atoms with Crippen molar-refractivity contribution in [2.24, 2.45) is 0 Å². The smallest absolute Gasteiger partial charge is 0.245 e. The van der Waals surface area contributed by atoms with Gasteiger partial charge in [0.05, 0.1) is 7.11 Å². The highest BCUT2D eigenvalue weighted by Gasteiger charge is 2.19. The Bertz CT molecular complexity index is 590. The zero-order valence-corrected chi connectivity index (χ0v) is 14.2. The molecule has 0 aliphatic rings. The third-order valence-electron chi connectivity index (χ3n) is 3.35. The third kappa shape index (κ3) is 3.61. The van der Waals surface area contributed by atoms with Gasteiger partial charge in [-0.05, 0) is 24.9 Å². The van der Waals surface area contributed by atoms with Gasteiger partial charge in [-0.25, -0.2) is 9.97 Å². The summed E-state index contributed by atoms with van der Waals surface area (Å²) in [6.07, 6.45) is 3.31. The van der Waals surface area contributed by atoms with Crippen LogP contribution in [0.25, 0.3) is 11.2 Å². The van der Waals surface area contributed by atoms with Crippen molar-refractivity contribution in [3.8, 4) is 5.88 Å². The number of aryl methyl sites for hydroxylation is 1. The van der Waals surface area contributed by atoms with E-state index < -0.39 is 0 Å². The van der Waals surface area contributed by atoms with Crippen LogP contribution in [0.3, 0.4) is 0 Å². The van der Waals surface area contributed by atoms with Gasteiger partial charge in [0.15, 0.2) is 11.2 Å². The van der Waals surface area contributed by atoms with E-state index >= 15 is 0 Å². The molecular formula is C14H21ClN4OS. The Hall–Kier alpha value is -1.01. The van der Waals surface area contributed by atoms with E-state index in [2.05, 4.69) is 33.4 Å². The van der Waals surface area contributed by atoms with Gasteiger partial charge in [0.25, 0.3) is 0 Å². The third-order valence-corrected chi connectivity index (χ3v) is 4.47. The van der Waals surface area contributed by atoms with E-state index in [1.807, 2.05) is 11.8 Å². The molecule has 116 valence electrons. The van der Waals surface area contributed by atoms with Crippen molar-refractivity contribution in [2.75, 3.05) is 24.5 Å². The van der Waals surface area contributed by atoms with Gasteiger partial charge >= 0.3 is 0 Å². The number of alkyl halides is 1. The fraction of sp³-hybridized carbons (Fsp3) is 0.643. The standard InChI is InChI=1S/C14H21ClN4OS/c1-4-21-8-6-10(2)19-11(5-7-15)18-12-13(19)16-9-17-14(12)20-3/h9-10H,4-8H2,1-3H3. The van der Waals surface area contributed by atoms with Gasteiger partial charge in [-0.15, -0.1) is 11.6 Å². The fourth-order valence-electron chi connectivity index (χ4n) is 2.33. The van der Waals surface area contributed by atoms with Gasteiger partial charge < -0.3 is 9.30 Å². The molecule has 1 unspecified atom stereocenters. The number of aromatic nitrogens is 4. The molecule has 0 spiro atoms. The Morgan fingerprint density at radius 2 is 2.24 bits per heavy atom. The highest BCUT2D eigenvalue weighted by atomic mass is 35.5. The number of hydrogen-bond acceptors (Lipinski definition) is 5. The van der Waals surface area contributed by atoms with Crippen molar-refractivity contribution in [1.29, 1.82) is 0 Å². The number of hydrogen-bond donors (Lipinski definition) is 0. The van der Waals surface area contributed by atoms with Crippen molar-refractivity contribution < 1.29 is 4.74 Å². The van der Waals surface area contributed by atoms with Gasteiger partial charge in [0.2, 0.25) is 5.88 Å². The molecule has 0 saturated heterocycles. The minimum atomic E-state index is 0.326. The zero-order valence-electron chi connectivity index (χ0n) is 12.7. The van der Waals surface area contributed by atoms with Crippen molar-refractivity contribution in [2.45, 2.75) is 32.7 Å². The van der Waals surface area contributed by atoms with Gasteiger partial charge in [-0.2, -0.15) is 16.7 Å². The van der Waals surface area contributed by atoms with Gasteiger partial charge in [-0.1, -0.05) is 6.92 Å². The van der Waals surface area contributed by atoms with Crippen LogP contribution in [0.15, 0.2) is 6.33 Å². The number of rotatable bonds is 8. The lowest BCUT2D eigenvalue weighted by atomic mass is 10.2. The first-order valence-electron chi connectivity index (χ1n) is 7.12. The summed E-state index contributed by atoms with van der Waals surface area (Å²) in [6, 6.07) is 0.326. The molecule has 0 N–H and O–H groups in total. The summed E-state index contributed by atoms with van der Waals surface area (Å²) in [4.78, 5) is 13.2. The molecule has 0 aliphatic carbocycles. The van der Waals surface area contributed by atoms with E-state index in [0.717, 1.165) is 34.9 Å². The minimum Gasteiger partial charge on any atom is -0.479 e. The number of ether oxygens (including phenoxy) is 1. The number of fused-ring (bicyclic) bond motifs is 1. The normalized spacial score (nSPS) is 12.8. The van der Waals surface area contributed by atoms with Crippen LogP contribution >= 0.6 is 23.4 Å². The van der Waals surface area contributed by atoms with E-state index in [1.165, 1.54) is 6.33 Å². The monoisotopic (exact) mass is 328 g/mol. The van der Waals surface area contributed by atoms with Gasteiger partial charge in [0, 0.05) is 18.3 Å². The highest BCUT2D eigenvalue weighted by Crippen LogP contribution is 2.27. The number of thioether (sulfide) groups is 1. The van der Waals surface area contributed by atoms with E-state index in [0.29, 0.717) is 24.2 Å². The molecule has 21 heavy (non-hydrogen) atoms. The molecule has 1 atom stereocenters. The lowest BCUT2D eigenvalue weighted by Gasteiger charge is -2.16. The maximum Gasteiger partial charge on any atom is 0.245 e. The van der Waals surface area contributed by atoms with Crippen LogP contribution in [-0.4, -0.2) is 44.0 Å². The quantitative estimate of drug-likeness (QED) is 0.549. The average molecular weight is 329 g/mol. The lowest BCUT2D eigenvalue weighted by molar-refractivity contribution is 0.401. The molecule has 0 saturated carbocycles.